The first-order valence-electron chi connectivity index (χ1n) is 12.7. The molecule has 3 amide bonds. The molecule has 10 nitrogen and oxygen atoms in total. The first-order valence-corrected chi connectivity index (χ1v) is 12.7. The summed E-state index contributed by atoms with van der Waals surface area (Å²) >= 11 is 0. The van der Waals surface area contributed by atoms with Crippen molar-refractivity contribution in [2.24, 2.45) is 12.8 Å². The van der Waals surface area contributed by atoms with Gasteiger partial charge in [-0.05, 0) is 62.4 Å². The van der Waals surface area contributed by atoms with Gasteiger partial charge in [-0.25, -0.2) is 9.59 Å². The number of rotatable bonds is 7. The molecule has 4 rings (SSSR count). The fourth-order valence-corrected chi connectivity index (χ4v) is 4.78. The van der Waals surface area contributed by atoms with Crippen molar-refractivity contribution < 1.29 is 23.5 Å². The number of carbonyl (C=O) groups is 3. The van der Waals surface area contributed by atoms with E-state index in [1.807, 2.05) is 36.4 Å². The van der Waals surface area contributed by atoms with E-state index >= 15 is 0 Å². The summed E-state index contributed by atoms with van der Waals surface area (Å²) in [6.45, 7) is 5.25. The van der Waals surface area contributed by atoms with Crippen molar-refractivity contribution in [1.82, 2.24) is 15.2 Å². The highest BCUT2D eigenvalue weighted by molar-refractivity contribution is 5.94. The molecular weight excluding hydrogens is 488 g/mol. The van der Waals surface area contributed by atoms with Crippen molar-refractivity contribution in [3.05, 3.63) is 58.6 Å². The van der Waals surface area contributed by atoms with E-state index < -0.39 is 40.8 Å². The number of ether oxygens (including phenoxy) is 1. The lowest BCUT2D eigenvalue weighted by Crippen LogP contribution is -2.61. The molecule has 1 fully saturated rings. The molecule has 202 valence electrons. The van der Waals surface area contributed by atoms with E-state index in [1.165, 1.54) is 4.57 Å². The van der Waals surface area contributed by atoms with Gasteiger partial charge in [0.25, 0.3) is 0 Å². The highest BCUT2D eigenvalue weighted by atomic mass is 16.6. The number of carbonyl (C=O) groups excluding carboxylic acids is 3. The number of oxazole rings is 1. The summed E-state index contributed by atoms with van der Waals surface area (Å²) in [6.07, 6.45) is 1.96. The zero-order valence-electron chi connectivity index (χ0n) is 22.1. The number of amides is 3. The maximum Gasteiger partial charge on any atom is 0.419 e. The van der Waals surface area contributed by atoms with Crippen molar-refractivity contribution in [3.63, 3.8) is 0 Å². The van der Waals surface area contributed by atoms with E-state index in [0.29, 0.717) is 23.9 Å². The molecular formula is C28H34N4O6. The van der Waals surface area contributed by atoms with Crippen LogP contribution in [0.1, 0.15) is 52.0 Å². The van der Waals surface area contributed by atoms with E-state index in [-0.39, 0.29) is 6.42 Å². The van der Waals surface area contributed by atoms with Crippen LogP contribution < -0.4 is 22.1 Å². The highest BCUT2D eigenvalue weighted by Crippen LogP contribution is 2.31. The number of alkyl carbamates (subject to hydrolysis) is 1. The van der Waals surface area contributed by atoms with Gasteiger partial charge in [-0.3, -0.25) is 14.2 Å². The molecule has 0 saturated heterocycles. The van der Waals surface area contributed by atoms with E-state index in [1.54, 1.807) is 33.9 Å². The van der Waals surface area contributed by atoms with Crippen LogP contribution in [0.3, 0.4) is 0 Å². The number of aromatic nitrogens is 1. The van der Waals surface area contributed by atoms with Crippen LogP contribution in [-0.4, -0.2) is 39.7 Å². The zero-order valence-corrected chi connectivity index (χ0v) is 22.1. The third-order valence-electron chi connectivity index (χ3n) is 6.80. The Morgan fingerprint density at radius 1 is 1.08 bits per heavy atom. The van der Waals surface area contributed by atoms with Crippen LogP contribution in [0.15, 0.2) is 51.7 Å². The SMILES string of the molecule is Cn1c(=O)oc2ccc(-c3ccc(C[C@H](NC(=O)C4(NC(=O)OC(C)(C)C)CCCC4)C(N)=O)cc3)cc21. The Labute approximate surface area is 220 Å². The highest BCUT2D eigenvalue weighted by Gasteiger charge is 2.44. The van der Waals surface area contributed by atoms with Gasteiger partial charge in [0, 0.05) is 13.5 Å². The molecule has 1 heterocycles. The molecule has 0 bridgehead atoms. The quantitative estimate of drug-likeness (QED) is 0.435. The van der Waals surface area contributed by atoms with Crippen LogP contribution >= 0.6 is 0 Å². The van der Waals surface area contributed by atoms with E-state index in [9.17, 15) is 19.2 Å². The Morgan fingerprint density at radius 3 is 2.32 bits per heavy atom. The topological polar surface area (TPSA) is 146 Å². The fourth-order valence-electron chi connectivity index (χ4n) is 4.78. The summed E-state index contributed by atoms with van der Waals surface area (Å²) in [5, 5.41) is 5.51. The van der Waals surface area contributed by atoms with Crippen LogP contribution in [0.25, 0.3) is 22.2 Å². The number of fused-ring (bicyclic) bond motifs is 1. The lowest BCUT2D eigenvalue weighted by molar-refractivity contribution is -0.131. The second kappa shape index (κ2) is 10.4. The average Bonchev–Trinajstić information content (AvgIpc) is 3.42. The van der Waals surface area contributed by atoms with Gasteiger partial charge in [-0.2, -0.15) is 0 Å². The summed E-state index contributed by atoms with van der Waals surface area (Å²) < 4.78 is 12.0. The Morgan fingerprint density at radius 2 is 1.71 bits per heavy atom. The molecule has 10 heteroatoms. The van der Waals surface area contributed by atoms with Gasteiger partial charge < -0.3 is 25.5 Å². The second-order valence-corrected chi connectivity index (χ2v) is 10.9. The molecule has 0 unspecified atom stereocenters. The number of benzene rings is 2. The molecule has 38 heavy (non-hydrogen) atoms. The molecule has 4 N–H and O–H groups in total. The van der Waals surface area contributed by atoms with Crippen LogP contribution in [-0.2, 0) is 27.8 Å². The molecule has 1 aliphatic carbocycles. The van der Waals surface area contributed by atoms with E-state index in [0.717, 1.165) is 29.5 Å². The van der Waals surface area contributed by atoms with Gasteiger partial charge in [-0.1, -0.05) is 43.2 Å². The monoisotopic (exact) mass is 522 g/mol. The van der Waals surface area contributed by atoms with Gasteiger partial charge in [-0.15, -0.1) is 0 Å². The molecule has 0 spiro atoms. The van der Waals surface area contributed by atoms with Gasteiger partial charge in [0.05, 0.1) is 5.52 Å². The summed E-state index contributed by atoms with van der Waals surface area (Å²) in [5.74, 6) is -1.54. The average molecular weight is 523 g/mol. The Kier molecular flexibility index (Phi) is 7.35. The first kappa shape index (κ1) is 27.0. The molecule has 2 aromatic carbocycles. The van der Waals surface area contributed by atoms with E-state index in [4.69, 9.17) is 14.9 Å². The standard InChI is InChI=1S/C28H34N4O6/c1-27(2,3)38-25(35)31-28(13-5-6-14-28)24(34)30-20(23(29)33)15-17-7-9-18(10-8-17)19-11-12-22-21(16-19)32(4)26(36)37-22/h7-12,16,20H,5-6,13-15H2,1-4H3,(H2,29,33)(H,30,34)(H,31,35)/t20-/m0/s1. The minimum atomic E-state index is -1.15. The van der Waals surface area contributed by atoms with Crippen LogP contribution in [0, 0.1) is 0 Å². The maximum absolute atomic E-state index is 13.3. The number of hydrogen-bond acceptors (Lipinski definition) is 6. The summed E-state index contributed by atoms with van der Waals surface area (Å²) in [4.78, 5) is 49.8. The second-order valence-electron chi connectivity index (χ2n) is 10.9. The maximum atomic E-state index is 13.3. The molecule has 1 saturated carbocycles. The van der Waals surface area contributed by atoms with Gasteiger partial charge in [0.15, 0.2) is 5.58 Å². The number of nitrogens with two attached hydrogens (primary N) is 1. The fraction of sp³-hybridized carbons (Fsp3) is 0.429. The van der Waals surface area contributed by atoms with Crippen molar-refractivity contribution in [3.8, 4) is 11.1 Å². The Bertz CT molecular complexity index is 1410. The van der Waals surface area contributed by atoms with Crippen LogP contribution in [0.5, 0.6) is 0 Å². The Balaban J connectivity index is 1.47. The van der Waals surface area contributed by atoms with Gasteiger partial charge >= 0.3 is 11.8 Å². The minimum Gasteiger partial charge on any atom is -0.444 e. The van der Waals surface area contributed by atoms with Gasteiger partial charge in [0.2, 0.25) is 11.8 Å². The molecule has 0 aliphatic heterocycles. The van der Waals surface area contributed by atoms with Crippen molar-refractivity contribution in [2.75, 3.05) is 0 Å². The lowest BCUT2D eigenvalue weighted by atomic mass is 9.95. The normalized spacial score (nSPS) is 15.7. The summed E-state index contributed by atoms with van der Waals surface area (Å²) in [6, 6.07) is 12.1. The minimum absolute atomic E-state index is 0.194. The first-order chi connectivity index (χ1) is 17.9. The van der Waals surface area contributed by atoms with Crippen molar-refractivity contribution in [2.45, 2.75) is 70.1 Å². The zero-order chi connectivity index (χ0) is 27.7. The van der Waals surface area contributed by atoms with E-state index in [2.05, 4.69) is 10.6 Å². The van der Waals surface area contributed by atoms with Crippen LogP contribution in [0.4, 0.5) is 4.79 Å². The molecule has 0 radical (unpaired) electrons. The molecule has 3 aromatic rings. The third kappa shape index (κ3) is 5.90. The summed E-state index contributed by atoms with van der Waals surface area (Å²) in [5.41, 5.74) is 7.61. The molecule has 1 aromatic heterocycles. The van der Waals surface area contributed by atoms with Gasteiger partial charge in [0.1, 0.15) is 17.2 Å². The Hall–Kier alpha value is -4.08. The molecule has 1 aliphatic rings. The number of nitrogens with zero attached hydrogens (tertiary/aromatic N) is 1. The predicted molar refractivity (Wildman–Crippen MR) is 142 cm³/mol. The van der Waals surface area contributed by atoms with Crippen LogP contribution in [0.2, 0.25) is 0 Å². The lowest BCUT2D eigenvalue weighted by Gasteiger charge is -2.31. The van der Waals surface area contributed by atoms with Crippen molar-refractivity contribution >= 4 is 29.0 Å². The predicted octanol–water partition coefficient (Wildman–Crippen LogP) is 3.15. The smallest absolute Gasteiger partial charge is 0.419 e. The third-order valence-corrected chi connectivity index (χ3v) is 6.80. The number of hydrogen-bond donors (Lipinski definition) is 3. The summed E-state index contributed by atoms with van der Waals surface area (Å²) in [7, 11) is 1.65. The van der Waals surface area contributed by atoms with Crippen molar-refractivity contribution in [1.29, 1.82) is 0 Å². The number of primary amides is 1. The number of nitrogens with one attached hydrogen (secondary N) is 2. The largest absolute Gasteiger partial charge is 0.444 e. The molecule has 1 atom stereocenters. The number of aryl methyl sites for hydroxylation is 1.